The minimum absolute atomic E-state index is 0.788. The van der Waals surface area contributed by atoms with Crippen LogP contribution >= 0.6 is 22.6 Å². The van der Waals surface area contributed by atoms with Gasteiger partial charge in [-0.25, -0.2) is 0 Å². The molecule has 0 fully saturated rings. The van der Waals surface area contributed by atoms with Gasteiger partial charge in [-0.2, -0.15) is 0 Å². The molecule has 2 nitrogen and oxygen atoms in total. The maximum absolute atomic E-state index is 5.76. The number of nitrogen functional groups attached to an aromatic ring is 1. The van der Waals surface area contributed by atoms with E-state index in [2.05, 4.69) is 27.6 Å². The highest BCUT2D eigenvalue weighted by Gasteiger charge is 1.97. The van der Waals surface area contributed by atoms with Crippen LogP contribution in [0.4, 0.5) is 5.69 Å². The van der Waals surface area contributed by atoms with E-state index in [1.54, 1.807) is 6.20 Å². The van der Waals surface area contributed by atoms with Crippen molar-refractivity contribution in [2.24, 2.45) is 0 Å². The van der Waals surface area contributed by atoms with Crippen LogP contribution in [0.5, 0.6) is 0 Å². The summed E-state index contributed by atoms with van der Waals surface area (Å²) in [5, 5.41) is 1.03. The molecular weight excluding hydrogens is 263 g/mol. The van der Waals surface area contributed by atoms with Crippen LogP contribution in [-0.2, 0) is 0 Å². The van der Waals surface area contributed by atoms with Crippen LogP contribution in [0.2, 0.25) is 0 Å². The summed E-state index contributed by atoms with van der Waals surface area (Å²) < 4.78 is 1.18. The lowest BCUT2D eigenvalue weighted by Crippen LogP contribution is -1.88. The number of aromatic nitrogens is 1. The molecule has 0 saturated carbocycles. The summed E-state index contributed by atoms with van der Waals surface area (Å²) in [7, 11) is 0. The van der Waals surface area contributed by atoms with Crippen molar-refractivity contribution in [3.63, 3.8) is 0 Å². The van der Waals surface area contributed by atoms with Gasteiger partial charge in [-0.1, -0.05) is 0 Å². The quantitative estimate of drug-likeness (QED) is 0.747. The average molecular weight is 270 g/mol. The van der Waals surface area contributed by atoms with Crippen LogP contribution in [0.25, 0.3) is 10.9 Å². The second kappa shape index (κ2) is 2.90. The van der Waals surface area contributed by atoms with Gasteiger partial charge in [0.2, 0.25) is 0 Å². The Balaban J connectivity index is 2.86. The first-order valence-corrected chi connectivity index (χ1v) is 4.65. The van der Waals surface area contributed by atoms with Gasteiger partial charge in [0.25, 0.3) is 0 Å². The first-order chi connectivity index (χ1) is 5.77. The lowest BCUT2D eigenvalue weighted by atomic mass is 10.2. The Morgan fingerprint density at radius 2 is 2.08 bits per heavy atom. The zero-order valence-corrected chi connectivity index (χ0v) is 8.45. The molecule has 2 N–H and O–H groups in total. The minimum Gasteiger partial charge on any atom is -0.398 e. The molecule has 0 aliphatic heterocycles. The van der Waals surface area contributed by atoms with Crippen LogP contribution in [0.1, 0.15) is 0 Å². The van der Waals surface area contributed by atoms with Crippen LogP contribution < -0.4 is 5.73 Å². The van der Waals surface area contributed by atoms with E-state index in [0.29, 0.717) is 0 Å². The Labute approximate surface area is 83.9 Å². The fourth-order valence-corrected chi connectivity index (χ4v) is 1.62. The highest BCUT2D eigenvalue weighted by molar-refractivity contribution is 14.1. The molecule has 3 heteroatoms. The van der Waals surface area contributed by atoms with Crippen LogP contribution in [-0.4, -0.2) is 4.98 Å². The van der Waals surface area contributed by atoms with Crippen molar-refractivity contribution in [2.45, 2.75) is 0 Å². The molecule has 0 atom stereocenters. The van der Waals surface area contributed by atoms with Crippen molar-refractivity contribution >= 4 is 39.2 Å². The van der Waals surface area contributed by atoms with E-state index in [4.69, 9.17) is 5.73 Å². The van der Waals surface area contributed by atoms with E-state index in [1.807, 2.05) is 24.3 Å². The third-order valence-electron chi connectivity index (χ3n) is 1.74. The standard InChI is InChI=1S/C9H7IN2/c10-6-1-2-7-8(11)3-4-12-9(7)5-6/h1-5H,(H2,11,12). The van der Waals surface area contributed by atoms with Gasteiger partial charge in [-0.15, -0.1) is 0 Å². The number of pyridine rings is 1. The molecule has 0 saturated heterocycles. The highest BCUT2D eigenvalue weighted by atomic mass is 127. The molecule has 2 aromatic rings. The number of nitrogens with two attached hydrogens (primary N) is 1. The summed E-state index contributed by atoms with van der Waals surface area (Å²) in [6, 6.07) is 7.86. The Hall–Kier alpha value is -0.840. The predicted molar refractivity (Wildman–Crippen MR) is 58.9 cm³/mol. The minimum atomic E-state index is 0.788. The average Bonchev–Trinajstić information content (AvgIpc) is 2.04. The van der Waals surface area contributed by atoms with Gasteiger partial charge in [0, 0.05) is 20.8 Å². The Bertz CT molecular complexity index is 426. The number of anilines is 1. The number of nitrogens with zero attached hydrogens (tertiary/aromatic N) is 1. The van der Waals surface area contributed by atoms with Gasteiger partial charge >= 0.3 is 0 Å². The SMILES string of the molecule is Nc1ccnc2cc(I)ccc12. The maximum atomic E-state index is 5.76. The van der Waals surface area contributed by atoms with Crippen molar-refractivity contribution < 1.29 is 0 Å². The van der Waals surface area contributed by atoms with Gasteiger partial charge in [-0.3, -0.25) is 4.98 Å². The molecule has 0 unspecified atom stereocenters. The molecule has 1 heterocycles. The molecule has 1 aromatic heterocycles. The molecule has 12 heavy (non-hydrogen) atoms. The third kappa shape index (κ3) is 1.24. The molecule has 1 aromatic carbocycles. The molecule has 0 bridgehead atoms. The number of fused-ring (bicyclic) bond motifs is 1. The third-order valence-corrected chi connectivity index (χ3v) is 2.41. The fourth-order valence-electron chi connectivity index (χ4n) is 1.14. The molecule has 2 rings (SSSR count). The molecule has 0 spiro atoms. The van der Waals surface area contributed by atoms with Crippen LogP contribution in [0.15, 0.2) is 30.5 Å². The lowest BCUT2D eigenvalue weighted by Gasteiger charge is -1.99. The van der Waals surface area contributed by atoms with E-state index in [9.17, 15) is 0 Å². The van der Waals surface area contributed by atoms with E-state index in [-0.39, 0.29) is 0 Å². The highest BCUT2D eigenvalue weighted by Crippen LogP contribution is 2.20. The summed E-state index contributed by atoms with van der Waals surface area (Å²) >= 11 is 2.26. The Kier molecular flexibility index (Phi) is 1.88. The summed E-state index contributed by atoms with van der Waals surface area (Å²) in [5.41, 5.74) is 7.51. The Morgan fingerprint density at radius 3 is 2.92 bits per heavy atom. The topological polar surface area (TPSA) is 38.9 Å². The van der Waals surface area contributed by atoms with Crippen LogP contribution in [0.3, 0.4) is 0 Å². The zero-order chi connectivity index (χ0) is 8.55. The number of hydrogen-bond acceptors (Lipinski definition) is 2. The number of benzene rings is 1. The molecule has 0 aliphatic carbocycles. The monoisotopic (exact) mass is 270 g/mol. The van der Waals surface area contributed by atoms with E-state index in [1.165, 1.54) is 3.57 Å². The van der Waals surface area contributed by atoms with Gasteiger partial charge in [0.1, 0.15) is 0 Å². The van der Waals surface area contributed by atoms with Crippen molar-refractivity contribution in [1.82, 2.24) is 4.98 Å². The Morgan fingerprint density at radius 1 is 1.25 bits per heavy atom. The summed E-state index contributed by atoms with van der Waals surface area (Å²) in [6.07, 6.45) is 1.73. The second-order valence-corrected chi connectivity index (χ2v) is 3.81. The smallest absolute Gasteiger partial charge is 0.0733 e. The number of hydrogen-bond donors (Lipinski definition) is 1. The van der Waals surface area contributed by atoms with E-state index in [0.717, 1.165) is 16.6 Å². The summed E-state index contributed by atoms with van der Waals surface area (Å²) in [4.78, 5) is 4.22. The van der Waals surface area contributed by atoms with Gasteiger partial charge in [-0.05, 0) is 46.9 Å². The number of halogens is 1. The molecule has 0 amide bonds. The maximum Gasteiger partial charge on any atom is 0.0733 e. The normalized spacial score (nSPS) is 10.4. The molecular formula is C9H7IN2. The van der Waals surface area contributed by atoms with Gasteiger partial charge in [0.05, 0.1) is 5.52 Å². The number of rotatable bonds is 0. The summed E-state index contributed by atoms with van der Waals surface area (Å²) in [6.45, 7) is 0. The van der Waals surface area contributed by atoms with Crippen molar-refractivity contribution in [3.05, 3.63) is 34.0 Å². The van der Waals surface area contributed by atoms with Crippen molar-refractivity contribution in [3.8, 4) is 0 Å². The van der Waals surface area contributed by atoms with Gasteiger partial charge < -0.3 is 5.73 Å². The zero-order valence-electron chi connectivity index (χ0n) is 6.29. The van der Waals surface area contributed by atoms with E-state index < -0.39 is 0 Å². The lowest BCUT2D eigenvalue weighted by molar-refractivity contribution is 1.41. The first-order valence-electron chi connectivity index (χ1n) is 3.57. The van der Waals surface area contributed by atoms with E-state index >= 15 is 0 Å². The van der Waals surface area contributed by atoms with Gasteiger partial charge in [0.15, 0.2) is 0 Å². The first kappa shape index (κ1) is 7.79. The largest absolute Gasteiger partial charge is 0.398 e. The van der Waals surface area contributed by atoms with Crippen LogP contribution in [0, 0.1) is 3.57 Å². The molecule has 0 aliphatic rings. The second-order valence-electron chi connectivity index (χ2n) is 2.56. The van der Waals surface area contributed by atoms with Crippen molar-refractivity contribution in [1.29, 1.82) is 0 Å². The fraction of sp³-hybridized carbons (Fsp3) is 0. The molecule has 60 valence electrons. The summed E-state index contributed by atoms with van der Waals surface area (Å²) in [5.74, 6) is 0. The predicted octanol–water partition coefficient (Wildman–Crippen LogP) is 2.42. The van der Waals surface area contributed by atoms with Crippen molar-refractivity contribution in [2.75, 3.05) is 5.73 Å². The molecule has 0 radical (unpaired) electrons.